The van der Waals surface area contributed by atoms with Crippen LogP contribution in [0.2, 0.25) is 0 Å². The molecule has 1 aliphatic carbocycles. The Kier molecular flexibility index (Phi) is 4.72. The molecule has 1 fully saturated rings. The van der Waals surface area contributed by atoms with Gasteiger partial charge >= 0.3 is 0 Å². The Balaban J connectivity index is 1.56. The molecule has 0 unspecified atom stereocenters. The fraction of sp³-hybridized carbons (Fsp3) is 0.615. The maximum absolute atomic E-state index is 12.0. The molecule has 2 aromatic heterocycles. The normalized spacial score (nSPS) is 15.4. The van der Waals surface area contributed by atoms with E-state index in [-0.39, 0.29) is 11.7 Å². The lowest BCUT2D eigenvalue weighted by molar-refractivity contribution is -0.113. The van der Waals surface area contributed by atoms with E-state index in [4.69, 9.17) is 0 Å². The van der Waals surface area contributed by atoms with Crippen molar-refractivity contribution in [1.82, 2.24) is 25.2 Å². The van der Waals surface area contributed by atoms with Gasteiger partial charge in [-0.3, -0.25) is 4.79 Å². The predicted molar refractivity (Wildman–Crippen MR) is 86.3 cm³/mol. The maximum atomic E-state index is 12.0. The average molecular weight is 338 g/mol. The van der Waals surface area contributed by atoms with Crippen molar-refractivity contribution in [2.45, 2.75) is 50.7 Å². The number of rotatable bonds is 5. The lowest BCUT2D eigenvalue weighted by Crippen LogP contribution is -2.15. The summed E-state index contributed by atoms with van der Waals surface area (Å²) in [5, 5.41) is 16.0. The van der Waals surface area contributed by atoms with Crippen LogP contribution in [0.25, 0.3) is 0 Å². The van der Waals surface area contributed by atoms with Crippen LogP contribution in [0.3, 0.4) is 0 Å². The Morgan fingerprint density at radius 1 is 1.41 bits per heavy atom. The molecule has 3 rings (SSSR count). The molecule has 1 aliphatic rings. The first-order valence-electron chi connectivity index (χ1n) is 7.28. The van der Waals surface area contributed by atoms with Crippen molar-refractivity contribution in [2.24, 2.45) is 0 Å². The van der Waals surface area contributed by atoms with E-state index in [0.29, 0.717) is 16.3 Å². The minimum Gasteiger partial charge on any atom is -0.301 e. The number of carbonyl (C=O) groups is 1. The number of anilines is 1. The largest absolute Gasteiger partial charge is 0.301 e. The second-order valence-electron chi connectivity index (χ2n) is 5.34. The highest BCUT2D eigenvalue weighted by molar-refractivity contribution is 7.99. The SMILES string of the molecule is Cc1nc(NC(=O)CSc2nnnn2C2CCCC2)sc1C. The maximum Gasteiger partial charge on any atom is 0.236 e. The van der Waals surface area contributed by atoms with E-state index < -0.39 is 0 Å². The molecule has 2 aromatic rings. The van der Waals surface area contributed by atoms with Crippen molar-refractivity contribution in [3.63, 3.8) is 0 Å². The van der Waals surface area contributed by atoms with E-state index in [1.807, 2.05) is 18.5 Å². The number of aryl methyl sites for hydroxylation is 2. The van der Waals surface area contributed by atoms with Gasteiger partial charge in [0.2, 0.25) is 11.1 Å². The number of thiazole rings is 1. The van der Waals surface area contributed by atoms with Gasteiger partial charge in [-0.1, -0.05) is 24.6 Å². The Morgan fingerprint density at radius 3 is 2.86 bits per heavy atom. The number of hydrogen-bond acceptors (Lipinski definition) is 7. The summed E-state index contributed by atoms with van der Waals surface area (Å²) in [6, 6.07) is 0.379. The van der Waals surface area contributed by atoms with Crippen LogP contribution in [0.15, 0.2) is 5.16 Å². The lowest BCUT2D eigenvalue weighted by Gasteiger charge is -2.10. The Hall–Kier alpha value is -1.48. The highest BCUT2D eigenvalue weighted by Gasteiger charge is 2.22. The number of aromatic nitrogens is 5. The fourth-order valence-corrected chi connectivity index (χ4v) is 4.05. The monoisotopic (exact) mass is 338 g/mol. The molecule has 0 aromatic carbocycles. The zero-order valence-electron chi connectivity index (χ0n) is 12.6. The van der Waals surface area contributed by atoms with Crippen LogP contribution in [0.4, 0.5) is 5.13 Å². The van der Waals surface area contributed by atoms with Gasteiger partial charge < -0.3 is 5.32 Å². The van der Waals surface area contributed by atoms with Crippen molar-refractivity contribution in [2.75, 3.05) is 11.1 Å². The van der Waals surface area contributed by atoms with Crippen LogP contribution in [0.1, 0.15) is 42.3 Å². The molecule has 7 nitrogen and oxygen atoms in total. The summed E-state index contributed by atoms with van der Waals surface area (Å²) in [6.45, 7) is 3.93. The van der Waals surface area contributed by atoms with Gasteiger partial charge in [0, 0.05) is 4.88 Å². The summed E-state index contributed by atoms with van der Waals surface area (Å²) in [5.74, 6) is 0.199. The van der Waals surface area contributed by atoms with E-state index in [1.54, 1.807) is 0 Å². The fourth-order valence-electron chi connectivity index (χ4n) is 2.47. The van der Waals surface area contributed by atoms with Crippen molar-refractivity contribution >= 4 is 34.1 Å². The molecule has 2 heterocycles. The average Bonchev–Trinajstić information content (AvgIpc) is 3.19. The number of nitrogens with one attached hydrogen (secondary N) is 1. The van der Waals surface area contributed by atoms with E-state index in [1.165, 1.54) is 35.9 Å². The van der Waals surface area contributed by atoms with Crippen LogP contribution in [0, 0.1) is 13.8 Å². The summed E-state index contributed by atoms with van der Waals surface area (Å²) >= 11 is 2.86. The number of carbonyl (C=O) groups excluding carboxylic acids is 1. The lowest BCUT2D eigenvalue weighted by atomic mass is 10.3. The third kappa shape index (κ3) is 3.46. The Bertz CT molecular complexity index is 642. The van der Waals surface area contributed by atoms with Crippen molar-refractivity contribution in [3.05, 3.63) is 10.6 Å². The van der Waals surface area contributed by atoms with E-state index in [0.717, 1.165) is 23.4 Å². The zero-order chi connectivity index (χ0) is 15.5. The van der Waals surface area contributed by atoms with Crippen molar-refractivity contribution in [1.29, 1.82) is 0 Å². The molecular formula is C13H18N6OS2. The van der Waals surface area contributed by atoms with Crippen LogP contribution in [0.5, 0.6) is 0 Å². The molecule has 9 heteroatoms. The molecule has 0 atom stereocenters. The Labute approximate surface area is 136 Å². The zero-order valence-corrected chi connectivity index (χ0v) is 14.2. The van der Waals surface area contributed by atoms with Crippen molar-refractivity contribution < 1.29 is 4.79 Å². The third-order valence-corrected chi connectivity index (χ3v) is 5.66. The highest BCUT2D eigenvalue weighted by Crippen LogP contribution is 2.31. The highest BCUT2D eigenvalue weighted by atomic mass is 32.2. The summed E-state index contributed by atoms with van der Waals surface area (Å²) in [5.41, 5.74) is 0.957. The molecule has 1 N–H and O–H groups in total. The molecule has 118 valence electrons. The molecule has 0 saturated heterocycles. The van der Waals surface area contributed by atoms with Crippen LogP contribution in [-0.4, -0.2) is 36.9 Å². The second kappa shape index (κ2) is 6.74. The molecule has 1 saturated carbocycles. The first-order chi connectivity index (χ1) is 10.6. The summed E-state index contributed by atoms with van der Waals surface area (Å²) < 4.78 is 1.86. The van der Waals surface area contributed by atoms with Gasteiger partial charge in [0.05, 0.1) is 17.5 Å². The van der Waals surface area contributed by atoms with Gasteiger partial charge in [-0.15, -0.1) is 16.4 Å². The third-order valence-electron chi connectivity index (χ3n) is 3.74. The minimum absolute atomic E-state index is 0.0836. The molecule has 1 amide bonds. The molecule has 22 heavy (non-hydrogen) atoms. The minimum atomic E-state index is -0.0836. The number of tetrazole rings is 1. The van der Waals surface area contributed by atoms with Crippen LogP contribution >= 0.6 is 23.1 Å². The predicted octanol–water partition coefficient (Wildman–Crippen LogP) is 2.59. The number of hydrogen-bond donors (Lipinski definition) is 1. The molecule has 0 radical (unpaired) electrons. The molecule has 0 bridgehead atoms. The topological polar surface area (TPSA) is 85.6 Å². The van der Waals surface area contributed by atoms with E-state index >= 15 is 0 Å². The van der Waals surface area contributed by atoms with Crippen LogP contribution in [-0.2, 0) is 4.79 Å². The first kappa shape index (κ1) is 15.4. The van der Waals surface area contributed by atoms with Gasteiger partial charge in [0.1, 0.15) is 0 Å². The van der Waals surface area contributed by atoms with E-state index in [9.17, 15) is 4.79 Å². The summed E-state index contributed by atoms with van der Waals surface area (Å²) in [4.78, 5) is 17.4. The molecule has 0 aliphatic heterocycles. The second-order valence-corrected chi connectivity index (χ2v) is 7.49. The quantitative estimate of drug-likeness (QED) is 0.843. The van der Waals surface area contributed by atoms with Crippen LogP contribution < -0.4 is 5.32 Å². The number of thioether (sulfide) groups is 1. The van der Waals surface area contributed by atoms with Gasteiger partial charge in [0.25, 0.3) is 0 Å². The standard InChI is InChI=1S/C13H18N6OS2/c1-8-9(2)22-12(14-8)15-11(20)7-21-13-16-17-18-19(13)10-5-3-4-6-10/h10H,3-7H2,1-2H3,(H,14,15,20). The van der Waals surface area contributed by atoms with Gasteiger partial charge in [-0.2, -0.15) is 0 Å². The van der Waals surface area contributed by atoms with Gasteiger partial charge in [-0.25, -0.2) is 9.67 Å². The van der Waals surface area contributed by atoms with Gasteiger partial charge in [-0.05, 0) is 37.1 Å². The van der Waals surface area contributed by atoms with Gasteiger partial charge in [0.15, 0.2) is 5.13 Å². The summed E-state index contributed by atoms with van der Waals surface area (Å²) in [7, 11) is 0. The Morgan fingerprint density at radius 2 is 2.18 bits per heavy atom. The van der Waals surface area contributed by atoms with Crippen molar-refractivity contribution in [3.8, 4) is 0 Å². The number of amides is 1. The first-order valence-corrected chi connectivity index (χ1v) is 9.08. The summed E-state index contributed by atoms with van der Waals surface area (Å²) in [6.07, 6.45) is 4.67. The number of nitrogens with zero attached hydrogens (tertiary/aromatic N) is 5. The molecule has 0 spiro atoms. The molecular weight excluding hydrogens is 320 g/mol. The smallest absolute Gasteiger partial charge is 0.236 e. The van der Waals surface area contributed by atoms with E-state index in [2.05, 4.69) is 25.8 Å².